The fourth-order valence-electron chi connectivity index (χ4n) is 3.25. The summed E-state index contributed by atoms with van der Waals surface area (Å²) in [5, 5.41) is 26.4. The molecule has 1 aromatic carbocycles. The monoisotopic (exact) mass is 511 g/mol. The molecule has 0 spiro atoms. The molecule has 0 saturated carbocycles. The highest BCUT2D eigenvalue weighted by Crippen LogP contribution is 2.11. The van der Waals surface area contributed by atoms with Crippen LogP contribution >= 0.6 is 12.6 Å². The number of amides is 3. The van der Waals surface area contributed by atoms with E-state index in [9.17, 15) is 29.4 Å². The highest BCUT2D eigenvalue weighted by molar-refractivity contribution is 7.80. The van der Waals surface area contributed by atoms with Gasteiger partial charge in [-0.1, -0.05) is 26.0 Å². The van der Waals surface area contributed by atoms with Crippen LogP contribution in [0.25, 0.3) is 0 Å². The molecule has 3 amide bonds. The Balaban J connectivity index is 2.77. The Morgan fingerprint density at radius 2 is 1.54 bits per heavy atom. The molecule has 9 N–H and O–H groups in total. The molecular formula is C23H37N5O6S. The van der Waals surface area contributed by atoms with E-state index in [-0.39, 0.29) is 30.3 Å². The van der Waals surface area contributed by atoms with E-state index >= 15 is 0 Å². The van der Waals surface area contributed by atoms with Crippen LogP contribution in [0.1, 0.15) is 38.7 Å². The first-order chi connectivity index (χ1) is 16.5. The zero-order valence-electron chi connectivity index (χ0n) is 20.1. The van der Waals surface area contributed by atoms with Gasteiger partial charge in [0.05, 0.1) is 6.04 Å². The number of carbonyl (C=O) groups is 4. The number of rotatable bonds is 15. The van der Waals surface area contributed by atoms with E-state index < -0.39 is 47.9 Å². The number of aliphatic carboxylic acids is 1. The molecule has 0 aliphatic rings. The number of hydrogen-bond acceptors (Lipinski definition) is 8. The summed E-state index contributed by atoms with van der Waals surface area (Å²) < 4.78 is 0. The first-order valence-corrected chi connectivity index (χ1v) is 12.1. The number of nitrogens with two attached hydrogens (primary N) is 2. The summed E-state index contributed by atoms with van der Waals surface area (Å²) in [6, 6.07) is 2.08. The lowest BCUT2D eigenvalue weighted by Crippen LogP contribution is -2.59. The Labute approximate surface area is 210 Å². The average molecular weight is 512 g/mol. The number of carboxylic acids is 1. The van der Waals surface area contributed by atoms with E-state index in [1.54, 1.807) is 26.0 Å². The van der Waals surface area contributed by atoms with Crippen molar-refractivity contribution in [2.24, 2.45) is 17.4 Å². The molecule has 0 heterocycles. The highest BCUT2D eigenvalue weighted by Gasteiger charge is 2.31. The summed E-state index contributed by atoms with van der Waals surface area (Å²) in [5.74, 6) is -3.35. The van der Waals surface area contributed by atoms with Gasteiger partial charge in [-0.25, -0.2) is 4.79 Å². The SMILES string of the molecule is CC(C)C(NC(=O)C(CS)NC(=O)C(N)Cc1ccc(O)cc1)C(=O)NC(CCCCN)C(=O)O. The predicted octanol–water partition coefficient (Wildman–Crippen LogP) is -0.484. The van der Waals surface area contributed by atoms with Gasteiger partial charge in [0.1, 0.15) is 23.9 Å². The van der Waals surface area contributed by atoms with Crippen molar-refractivity contribution in [3.05, 3.63) is 29.8 Å². The van der Waals surface area contributed by atoms with Crippen molar-refractivity contribution in [2.75, 3.05) is 12.3 Å². The molecule has 0 aliphatic carbocycles. The summed E-state index contributed by atoms with van der Waals surface area (Å²) in [5.41, 5.74) is 12.1. The maximum absolute atomic E-state index is 12.8. The van der Waals surface area contributed by atoms with E-state index in [0.29, 0.717) is 19.4 Å². The van der Waals surface area contributed by atoms with Crippen molar-refractivity contribution in [2.45, 2.75) is 63.7 Å². The molecule has 4 unspecified atom stereocenters. The minimum absolute atomic E-state index is 0.0488. The molecule has 0 aliphatic heterocycles. The molecule has 0 bridgehead atoms. The van der Waals surface area contributed by atoms with Crippen molar-refractivity contribution >= 4 is 36.3 Å². The summed E-state index contributed by atoms with van der Waals surface area (Å²) in [6.07, 6.45) is 1.56. The van der Waals surface area contributed by atoms with E-state index in [4.69, 9.17) is 11.5 Å². The van der Waals surface area contributed by atoms with Crippen LogP contribution < -0.4 is 27.4 Å². The van der Waals surface area contributed by atoms with E-state index in [1.165, 1.54) is 12.1 Å². The lowest BCUT2D eigenvalue weighted by atomic mass is 10.0. The quantitative estimate of drug-likeness (QED) is 0.114. The van der Waals surface area contributed by atoms with Gasteiger partial charge in [0.15, 0.2) is 0 Å². The minimum atomic E-state index is -1.17. The number of carboxylic acid groups (broad SMARTS) is 1. The van der Waals surface area contributed by atoms with E-state index in [0.717, 1.165) is 5.56 Å². The van der Waals surface area contributed by atoms with Crippen LogP contribution in [0.15, 0.2) is 24.3 Å². The lowest BCUT2D eigenvalue weighted by Gasteiger charge is -2.26. The Hall–Kier alpha value is -2.83. The van der Waals surface area contributed by atoms with Gasteiger partial charge in [-0.15, -0.1) is 0 Å². The standard InChI is InChI=1S/C23H37N5O6S/c1-13(2)19(22(32)26-17(23(33)34)5-3-4-10-24)28-21(31)18(12-35)27-20(30)16(25)11-14-6-8-15(29)9-7-14/h6-9,13,16-19,29,35H,3-5,10-12,24-25H2,1-2H3,(H,26,32)(H,27,30)(H,28,31)(H,33,34). The molecule has 1 aromatic rings. The second-order valence-corrected chi connectivity index (χ2v) is 9.00. The van der Waals surface area contributed by atoms with Crippen LogP contribution in [0, 0.1) is 5.92 Å². The fraction of sp³-hybridized carbons (Fsp3) is 0.565. The number of carbonyl (C=O) groups excluding carboxylic acids is 3. The molecule has 4 atom stereocenters. The number of benzene rings is 1. The third-order valence-corrected chi connectivity index (χ3v) is 5.72. The molecule has 11 nitrogen and oxygen atoms in total. The van der Waals surface area contributed by atoms with Crippen molar-refractivity contribution in [1.82, 2.24) is 16.0 Å². The number of thiol groups is 1. The smallest absolute Gasteiger partial charge is 0.326 e. The van der Waals surface area contributed by atoms with Crippen LogP contribution in [0.5, 0.6) is 5.75 Å². The third-order valence-electron chi connectivity index (χ3n) is 5.35. The normalized spacial score (nSPS) is 14.5. The first kappa shape index (κ1) is 30.2. The Kier molecular flexibility index (Phi) is 13.1. The maximum atomic E-state index is 12.8. The fourth-order valence-corrected chi connectivity index (χ4v) is 3.51. The maximum Gasteiger partial charge on any atom is 0.326 e. The first-order valence-electron chi connectivity index (χ1n) is 11.5. The molecule has 12 heteroatoms. The van der Waals surface area contributed by atoms with Crippen molar-refractivity contribution in [1.29, 1.82) is 0 Å². The number of aromatic hydroxyl groups is 1. The molecule has 0 saturated heterocycles. The average Bonchev–Trinajstić information content (AvgIpc) is 2.80. The second-order valence-electron chi connectivity index (χ2n) is 8.63. The number of hydrogen-bond donors (Lipinski definition) is 8. The van der Waals surface area contributed by atoms with Gasteiger partial charge >= 0.3 is 5.97 Å². The highest BCUT2D eigenvalue weighted by atomic mass is 32.1. The van der Waals surface area contributed by atoms with Gasteiger partial charge in [0.25, 0.3) is 0 Å². The molecule has 0 radical (unpaired) electrons. The van der Waals surface area contributed by atoms with Crippen LogP contribution in [-0.4, -0.2) is 70.4 Å². The summed E-state index contributed by atoms with van der Waals surface area (Å²) >= 11 is 4.13. The van der Waals surface area contributed by atoms with Crippen molar-refractivity contribution in [3.8, 4) is 5.75 Å². The number of nitrogens with one attached hydrogen (secondary N) is 3. The van der Waals surface area contributed by atoms with Crippen LogP contribution in [0.3, 0.4) is 0 Å². The Bertz CT molecular complexity index is 851. The molecule has 0 fully saturated rings. The van der Waals surface area contributed by atoms with E-state index in [1.807, 2.05) is 0 Å². The number of phenols is 1. The van der Waals surface area contributed by atoms with Crippen LogP contribution in [-0.2, 0) is 25.6 Å². The van der Waals surface area contributed by atoms with Gasteiger partial charge in [-0.2, -0.15) is 12.6 Å². The predicted molar refractivity (Wildman–Crippen MR) is 135 cm³/mol. The third kappa shape index (κ3) is 10.5. The van der Waals surface area contributed by atoms with Gasteiger partial charge < -0.3 is 37.6 Å². The van der Waals surface area contributed by atoms with Crippen molar-refractivity contribution in [3.63, 3.8) is 0 Å². The summed E-state index contributed by atoms with van der Waals surface area (Å²) in [6.45, 7) is 3.83. The molecular weight excluding hydrogens is 474 g/mol. The Morgan fingerprint density at radius 3 is 2.06 bits per heavy atom. The number of unbranched alkanes of at least 4 members (excludes halogenated alkanes) is 1. The second kappa shape index (κ2) is 15.2. The van der Waals surface area contributed by atoms with Crippen LogP contribution in [0.2, 0.25) is 0 Å². The topological polar surface area (TPSA) is 197 Å². The molecule has 0 aromatic heterocycles. The Morgan fingerprint density at radius 1 is 0.943 bits per heavy atom. The summed E-state index contributed by atoms with van der Waals surface area (Å²) in [7, 11) is 0. The van der Waals surface area contributed by atoms with Gasteiger partial charge in [0, 0.05) is 5.75 Å². The minimum Gasteiger partial charge on any atom is -0.508 e. The van der Waals surface area contributed by atoms with E-state index in [2.05, 4.69) is 28.6 Å². The van der Waals surface area contributed by atoms with Gasteiger partial charge in [-0.3, -0.25) is 14.4 Å². The zero-order valence-corrected chi connectivity index (χ0v) is 21.0. The summed E-state index contributed by atoms with van der Waals surface area (Å²) in [4.78, 5) is 49.7. The van der Waals surface area contributed by atoms with Crippen LogP contribution in [0.4, 0.5) is 0 Å². The lowest BCUT2D eigenvalue weighted by molar-refractivity contribution is -0.142. The molecule has 196 valence electrons. The molecule has 35 heavy (non-hydrogen) atoms. The molecule has 1 rings (SSSR count). The van der Waals surface area contributed by atoms with Gasteiger partial charge in [-0.05, 0) is 55.8 Å². The number of phenolic OH excluding ortho intramolecular Hbond substituents is 1. The zero-order chi connectivity index (χ0) is 26.5. The van der Waals surface area contributed by atoms with Gasteiger partial charge in [0.2, 0.25) is 17.7 Å². The largest absolute Gasteiger partial charge is 0.508 e. The van der Waals surface area contributed by atoms with Crippen molar-refractivity contribution < 1.29 is 29.4 Å².